The van der Waals surface area contributed by atoms with Gasteiger partial charge >= 0.3 is 0 Å². The van der Waals surface area contributed by atoms with Gasteiger partial charge in [-0.25, -0.2) is 0 Å². The second-order valence-corrected chi connectivity index (χ2v) is 4.80. The summed E-state index contributed by atoms with van der Waals surface area (Å²) in [6.07, 6.45) is 5.01. The van der Waals surface area contributed by atoms with Crippen molar-refractivity contribution in [2.75, 3.05) is 0 Å². The van der Waals surface area contributed by atoms with Gasteiger partial charge in [-0.05, 0) is 18.8 Å². The van der Waals surface area contributed by atoms with E-state index in [9.17, 15) is 0 Å². The summed E-state index contributed by atoms with van der Waals surface area (Å²) in [7, 11) is 0. The third-order valence-electron chi connectivity index (χ3n) is 2.94. The summed E-state index contributed by atoms with van der Waals surface area (Å²) in [5, 5.41) is 4.97. The first-order chi connectivity index (χ1) is 7.61. The molecule has 2 unspecified atom stereocenters. The van der Waals surface area contributed by atoms with Gasteiger partial charge in [0.1, 0.15) is 0 Å². The van der Waals surface area contributed by atoms with Crippen LogP contribution in [0.1, 0.15) is 51.8 Å². The van der Waals surface area contributed by atoms with Crippen LogP contribution < -0.4 is 5.73 Å². The number of nitrogens with zero attached hydrogens (tertiary/aromatic N) is 2. The van der Waals surface area contributed by atoms with E-state index < -0.39 is 0 Å². The van der Waals surface area contributed by atoms with Gasteiger partial charge in [-0.2, -0.15) is 5.10 Å². The lowest BCUT2D eigenvalue weighted by molar-refractivity contribution is 0.404. The van der Waals surface area contributed by atoms with E-state index >= 15 is 0 Å². The Morgan fingerprint density at radius 2 is 2.12 bits per heavy atom. The highest BCUT2D eigenvalue weighted by Crippen LogP contribution is 2.28. The first kappa shape index (κ1) is 13.5. The van der Waals surface area contributed by atoms with Crippen LogP contribution >= 0.6 is 11.6 Å². The van der Waals surface area contributed by atoms with Crippen LogP contribution in [0.15, 0.2) is 6.20 Å². The van der Waals surface area contributed by atoms with Crippen LogP contribution in [-0.4, -0.2) is 9.78 Å². The lowest BCUT2D eigenvalue weighted by atomic mass is 9.95. The molecule has 0 spiro atoms. The highest BCUT2D eigenvalue weighted by atomic mass is 35.5. The quantitative estimate of drug-likeness (QED) is 0.833. The van der Waals surface area contributed by atoms with Crippen LogP contribution in [0, 0.1) is 5.92 Å². The van der Waals surface area contributed by atoms with Gasteiger partial charge in [-0.1, -0.05) is 38.8 Å². The number of aryl methyl sites for hydroxylation is 1. The molecule has 0 saturated heterocycles. The van der Waals surface area contributed by atoms with Gasteiger partial charge in [0.15, 0.2) is 0 Å². The standard InChI is InChI=1S/C12H22ClN3/c1-4-6-9(3)11(14)12-10(13)8-15-16(12)7-5-2/h8-9,11H,4-7,14H2,1-3H3. The van der Waals surface area contributed by atoms with Crippen molar-refractivity contribution in [3.05, 3.63) is 16.9 Å². The summed E-state index contributed by atoms with van der Waals surface area (Å²) < 4.78 is 1.94. The molecule has 3 nitrogen and oxygen atoms in total. The van der Waals surface area contributed by atoms with Crippen LogP contribution in [0.3, 0.4) is 0 Å². The molecule has 0 aromatic carbocycles. The monoisotopic (exact) mass is 243 g/mol. The molecule has 16 heavy (non-hydrogen) atoms. The second-order valence-electron chi connectivity index (χ2n) is 4.39. The highest BCUT2D eigenvalue weighted by molar-refractivity contribution is 6.31. The number of rotatable bonds is 6. The van der Waals surface area contributed by atoms with E-state index in [1.807, 2.05) is 4.68 Å². The molecule has 0 aliphatic rings. The summed E-state index contributed by atoms with van der Waals surface area (Å²) in [5.74, 6) is 0.440. The Balaban J connectivity index is 2.87. The SMILES string of the molecule is CCCC(C)C(N)c1c(Cl)cnn1CCC. The molecule has 0 saturated carbocycles. The van der Waals surface area contributed by atoms with Gasteiger partial charge in [-0.3, -0.25) is 4.68 Å². The molecule has 92 valence electrons. The molecule has 0 bridgehead atoms. The number of nitrogens with two attached hydrogens (primary N) is 1. The van der Waals surface area contributed by atoms with Gasteiger partial charge in [-0.15, -0.1) is 0 Å². The van der Waals surface area contributed by atoms with Crippen molar-refractivity contribution in [1.29, 1.82) is 0 Å². The van der Waals surface area contributed by atoms with E-state index in [1.54, 1.807) is 6.20 Å². The zero-order chi connectivity index (χ0) is 12.1. The lowest BCUT2D eigenvalue weighted by Crippen LogP contribution is -2.23. The number of halogens is 1. The molecule has 1 aromatic heterocycles. The lowest BCUT2D eigenvalue weighted by Gasteiger charge is -2.21. The van der Waals surface area contributed by atoms with Crippen LogP contribution in [0.5, 0.6) is 0 Å². The molecular weight excluding hydrogens is 222 g/mol. The van der Waals surface area contributed by atoms with Crippen molar-refractivity contribution in [2.24, 2.45) is 11.7 Å². The van der Waals surface area contributed by atoms with E-state index in [1.165, 1.54) is 0 Å². The van der Waals surface area contributed by atoms with Gasteiger partial charge in [0, 0.05) is 6.54 Å². The van der Waals surface area contributed by atoms with Crippen LogP contribution in [0.25, 0.3) is 0 Å². The fraction of sp³-hybridized carbons (Fsp3) is 0.750. The molecule has 1 aromatic rings. The number of aromatic nitrogens is 2. The Hall–Kier alpha value is -0.540. The van der Waals surface area contributed by atoms with Crippen molar-refractivity contribution < 1.29 is 0 Å². The van der Waals surface area contributed by atoms with Crippen molar-refractivity contribution in [1.82, 2.24) is 9.78 Å². The first-order valence-corrected chi connectivity index (χ1v) is 6.46. The molecule has 0 aliphatic heterocycles. The molecule has 1 rings (SSSR count). The molecular formula is C12H22ClN3. The minimum absolute atomic E-state index is 0.0125. The van der Waals surface area contributed by atoms with E-state index in [0.29, 0.717) is 10.9 Å². The maximum absolute atomic E-state index is 6.26. The van der Waals surface area contributed by atoms with Crippen molar-refractivity contribution in [3.8, 4) is 0 Å². The Kier molecular flexibility index (Phi) is 5.29. The summed E-state index contributed by atoms with van der Waals surface area (Å²) in [6.45, 7) is 7.36. The molecule has 0 radical (unpaired) electrons. The summed E-state index contributed by atoms with van der Waals surface area (Å²) in [6, 6.07) is -0.0125. The summed E-state index contributed by atoms with van der Waals surface area (Å²) >= 11 is 6.16. The van der Waals surface area contributed by atoms with Crippen LogP contribution in [0.4, 0.5) is 0 Å². The van der Waals surface area contributed by atoms with Crippen molar-refractivity contribution >= 4 is 11.6 Å². The average Bonchev–Trinajstić information content (AvgIpc) is 2.60. The summed E-state index contributed by atoms with van der Waals surface area (Å²) in [4.78, 5) is 0. The fourth-order valence-electron chi connectivity index (χ4n) is 2.00. The Morgan fingerprint density at radius 3 is 2.69 bits per heavy atom. The van der Waals surface area contributed by atoms with Crippen LogP contribution in [-0.2, 0) is 6.54 Å². The van der Waals surface area contributed by atoms with E-state index in [4.69, 9.17) is 17.3 Å². The van der Waals surface area contributed by atoms with Crippen molar-refractivity contribution in [3.63, 3.8) is 0 Å². The largest absolute Gasteiger partial charge is 0.322 e. The molecule has 2 atom stereocenters. The second kappa shape index (κ2) is 6.26. The number of hydrogen-bond donors (Lipinski definition) is 1. The van der Waals surface area contributed by atoms with E-state index in [2.05, 4.69) is 25.9 Å². The first-order valence-electron chi connectivity index (χ1n) is 6.08. The minimum Gasteiger partial charge on any atom is -0.322 e. The van der Waals surface area contributed by atoms with E-state index in [0.717, 1.165) is 31.5 Å². The smallest absolute Gasteiger partial charge is 0.0834 e. The van der Waals surface area contributed by atoms with Gasteiger partial charge < -0.3 is 5.73 Å². The van der Waals surface area contributed by atoms with Gasteiger partial charge in [0.05, 0.1) is 23.0 Å². The molecule has 1 heterocycles. The summed E-state index contributed by atoms with van der Waals surface area (Å²) in [5.41, 5.74) is 7.25. The fourth-order valence-corrected chi connectivity index (χ4v) is 2.26. The normalized spacial score (nSPS) is 15.1. The third kappa shape index (κ3) is 2.98. The van der Waals surface area contributed by atoms with Crippen molar-refractivity contribution in [2.45, 2.75) is 52.6 Å². The maximum Gasteiger partial charge on any atom is 0.0834 e. The minimum atomic E-state index is -0.0125. The molecule has 0 aliphatic carbocycles. The Morgan fingerprint density at radius 1 is 1.44 bits per heavy atom. The highest BCUT2D eigenvalue weighted by Gasteiger charge is 2.21. The Labute approximate surface area is 103 Å². The predicted molar refractivity (Wildman–Crippen MR) is 68.5 cm³/mol. The molecule has 0 fully saturated rings. The molecule has 2 N–H and O–H groups in total. The van der Waals surface area contributed by atoms with E-state index in [-0.39, 0.29) is 6.04 Å². The molecule has 4 heteroatoms. The third-order valence-corrected chi connectivity index (χ3v) is 3.23. The number of hydrogen-bond acceptors (Lipinski definition) is 2. The zero-order valence-electron chi connectivity index (χ0n) is 10.4. The maximum atomic E-state index is 6.26. The van der Waals surface area contributed by atoms with Gasteiger partial charge in [0.2, 0.25) is 0 Å². The zero-order valence-corrected chi connectivity index (χ0v) is 11.2. The van der Waals surface area contributed by atoms with Gasteiger partial charge in [0.25, 0.3) is 0 Å². The Bertz CT molecular complexity index is 322. The van der Waals surface area contributed by atoms with Crippen LogP contribution in [0.2, 0.25) is 5.02 Å². The predicted octanol–water partition coefficient (Wildman–Crippen LogP) is 3.38. The molecule has 0 amide bonds. The topological polar surface area (TPSA) is 43.8 Å². The average molecular weight is 244 g/mol.